The van der Waals surface area contributed by atoms with Gasteiger partial charge in [0.25, 0.3) is 0 Å². The average molecular weight is 474 g/mol. The maximum Gasteiger partial charge on any atom is 0.336 e. The summed E-state index contributed by atoms with van der Waals surface area (Å²) in [5.41, 5.74) is 1.93. The zero-order valence-corrected chi connectivity index (χ0v) is 18.9. The van der Waals surface area contributed by atoms with Crippen molar-refractivity contribution in [1.82, 2.24) is 4.90 Å². The van der Waals surface area contributed by atoms with Crippen molar-refractivity contribution in [3.05, 3.63) is 79.8 Å². The predicted molar refractivity (Wildman–Crippen MR) is 123 cm³/mol. The van der Waals surface area contributed by atoms with Gasteiger partial charge in [-0.15, -0.1) is 0 Å². The van der Waals surface area contributed by atoms with E-state index in [2.05, 4.69) is 4.90 Å². The van der Waals surface area contributed by atoms with Gasteiger partial charge < -0.3 is 18.6 Å². The molecule has 2 aliphatic rings. The first-order valence-electron chi connectivity index (χ1n) is 10.4. The molecule has 0 N–H and O–H groups in total. The highest BCUT2D eigenvalue weighted by Gasteiger charge is 2.36. The number of aryl methyl sites for hydroxylation is 1. The van der Waals surface area contributed by atoms with Crippen LogP contribution in [0.3, 0.4) is 0 Å². The Morgan fingerprint density at radius 2 is 1.97 bits per heavy atom. The molecule has 0 unspecified atom stereocenters. The van der Waals surface area contributed by atoms with Gasteiger partial charge in [-0.1, -0.05) is 23.2 Å². The van der Waals surface area contributed by atoms with E-state index in [4.69, 9.17) is 41.8 Å². The Bertz CT molecular complexity index is 1260. The summed E-state index contributed by atoms with van der Waals surface area (Å²) in [5.74, 6) is 1.97. The van der Waals surface area contributed by atoms with E-state index in [0.29, 0.717) is 40.3 Å². The highest BCUT2D eigenvalue weighted by molar-refractivity contribution is 6.35. The van der Waals surface area contributed by atoms with Gasteiger partial charge in [0, 0.05) is 41.2 Å². The number of benzene rings is 2. The van der Waals surface area contributed by atoms with Crippen molar-refractivity contribution in [2.24, 2.45) is 0 Å². The van der Waals surface area contributed by atoms with Crippen molar-refractivity contribution < 1.29 is 18.6 Å². The Morgan fingerprint density at radius 1 is 1.16 bits per heavy atom. The lowest BCUT2D eigenvalue weighted by Gasteiger charge is -2.32. The van der Waals surface area contributed by atoms with E-state index in [1.165, 1.54) is 6.07 Å². The van der Waals surface area contributed by atoms with Crippen molar-refractivity contribution in [3.8, 4) is 11.5 Å². The number of hydrogen-bond donors (Lipinski definition) is 0. The maximum atomic E-state index is 11.7. The summed E-state index contributed by atoms with van der Waals surface area (Å²) in [5, 5.41) is 1.93. The monoisotopic (exact) mass is 473 g/mol. The molecular formula is C24H21Cl2NO5. The minimum atomic E-state index is -0.379. The quantitative estimate of drug-likeness (QED) is 0.489. The minimum absolute atomic E-state index is 0.106. The molecule has 5 rings (SSSR count). The van der Waals surface area contributed by atoms with Crippen LogP contribution in [0.5, 0.6) is 11.5 Å². The molecule has 0 spiro atoms. The lowest BCUT2D eigenvalue weighted by atomic mass is 10.0. The van der Waals surface area contributed by atoms with Crippen molar-refractivity contribution in [2.45, 2.75) is 13.0 Å². The molecule has 3 heterocycles. The van der Waals surface area contributed by atoms with Crippen molar-refractivity contribution in [1.29, 1.82) is 0 Å². The minimum Gasteiger partial charge on any atom is -0.489 e. The first-order chi connectivity index (χ1) is 15.5. The number of hydrogen-bond acceptors (Lipinski definition) is 6. The van der Waals surface area contributed by atoms with Gasteiger partial charge in [0.15, 0.2) is 5.75 Å². The fraction of sp³-hybridized carbons (Fsp3) is 0.292. The highest BCUT2D eigenvalue weighted by Crippen LogP contribution is 2.47. The van der Waals surface area contributed by atoms with Crippen LogP contribution < -0.4 is 15.1 Å². The fourth-order valence-electron chi connectivity index (χ4n) is 4.20. The van der Waals surface area contributed by atoms with Gasteiger partial charge in [-0.2, -0.15) is 0 Å². The number of halogens is 2. The van der Waals surface area contributed by atoms with E-state index >= 15 is 0 Å². The van der Waals surface area contributed by atoms with Gasteiger partial charge in [0.2, 0.25) is 0 Å². The first-order valence-corrected chi connectivity index (χ1v) is 11.1. The molecule has 3 aromatic rings. The summed E-state index contributed by atoms with van der Waals surface area (Å²) < 4.78 is 22.9. The van der Waals surface area contributed by atoms with Gasteiger partial charge in [-0.25, -0.2) is 4.79 Å². The van der Waals surface area contributed by atoms with Gasteiger partial charge >= 0.3 is 5.63 Å². The maximum absolute atomic E-state index is 11.7. The van der Waals surface area contributed by atoms with Crippen LogP contribution in [0.15, 0.2) is 57.4 Å². The van der Waals surface area contributed by atoms with E-state index in [9.17, 15) is 4.79 Å². The Kier molecular flexibility index (Phi) is 5.86. The van der Waals surface area contributed by atoms with E-state index in [1.54, 1.807) is 12.1 Å². The molecular weight excluding hydrogens is 453 g/mol. The van der Waals surface area contributed by atoms with Gasteiger partial charge in [-0.05, 0) is 42.8 Å². The van der Waals surface area contributed by atoms with Gasteiger partial charge in [0.1, 0.15) is 23.7 Å². The van der Waals surface area contributed by atoms with Crippen LogP contribution in [0.4, 0.5) is 0 Å². The smallest absolute Gasteiger partial charge is 0.336 e. The third-order valence-electron chi connectivity index (χ3n) is 5.69. The molecule has 0 bridgehead atoms. The molecule has 1 fully saturated rings. The summed E-state index contributed by atoms with van der Waals surface area (Å²) >= 11 is 12.7. The molecule has 2 aliphatic heterocycles. The molecule has 2 aromatic carbocycles. The number of morpholine rings is 1. The molecule has 0 aliphatic carbocycles. The Balaban J connectivity index is 1.40. The molecule has 0 amide bonds. The first kappa shape index (κ1) is 21.3. The predicted octanol–water partition coefficient (Wildman–Crippen LogP) is 5.14. The number of fused-ring (bicyclic) bond motifs is 2. The molecule has 8 heteroatoms. The second kappa shape index (κ2) is 8.79. The molecule has 6 nitrogen and oxygen atoms in total. The van der Waals surface area contributed by atoms with Crippen molar-refractivity contribution in [2.75, 3.05) is 32.9 Å². The normalized spacial score (nSPS) is 19.8. The average Bonchev–Trinajstić information content (AvgIpc) is 3.12. The standard InChI is InChI=1S/C24H21Cl2NO5/c1-14-10-22(28)31-21-13-16(2-3-17(14)21)30-7-4-20-23(27-5-8-29-9-6-27)18-11-15(25)12-19(26)24(18)32-20/h2-4,10-13,23H,5-9H2,1H3/b20-4-/t23-/m0/s1. The van der Waals surface area contributed by atoms with Crippen LogP contribution in [0.25, 0.3) is 11.0 Å². The van der Waals surface area contributed by atoms with Crippen LogP contribution in [-0.2, 0) is 4.74 Å². The fourth-order valence-corrected chi connectivity index (χ4v) is 4.75. The van der Waals surface area contributed by atoms with Crippen LogP contribution in [0, 0.1) is 6.92 Å². The van der Waals surface area contributed by atoms with E-state index in [-0.39, 0.29) is 18.3 Å². The second-order valence-electron chi connectivity index (χ2n) is 7.78. The van der Waals surface area contributed by atoms with Crippen LogP contribution >= 0.6 is 23.2 Å². The second-order valence-corrected chi connectivity index (χ2v) is 8.63. The van der Waals surface area contributed by atoms with Crippen molar-refractivity contribution >= 4 is 34.2 Å². The Morgan fingerprint density at radius 3 is 2.78 bits per heavy atom. The molecule has 1 saturated heterocycles. The summed E-state index contributed by atoms with van der Waals surface area (Å²) in [7, 11) is 0. The molecule has 0 radical (unpaired) electrons. The Hall–Kier alpha value is -2.51. The van der Waals surface area contributed by atoms with E-state index in [0.717, 1.165) is 35.4 Å². The lowest BCUT2D eigenvalue weighted by Crippen LogP contribution is -2.39. The summed E-state index contributed by atoms with van der Waals surface area (Å²) in [6.45, 7) is 5.02. The summed E-state index contributed by atoms with van der Waals surface area (Å²) in [6.07, 6.45) is 1.90. The van der Waals surface area contributed by atoms with Crippen LogP contribution in [0.1, 0.15) is 17.2 Å². The third kappa shape index (κ3) is 4.11. The number of ether oxygens (including phenoxy) is 3. The third-order valence-corrected chi connectivity index (χ3v) is 6.19. The number of nitrogens with zero attached hydrogens (tertiary/aromatic N) is 1. The van der Waals surface area contributed by atoms with E-state index < -0.39 is 0 Å². The molecule has 0 saturated carbocycles. The van der Waals surface area contributed by atoms with Gasteiger partial charge in [-0.3, -0.25) is 4.90 Å². The molecule has 1 aromatic heterocycles. The summed E-state index contributed by atoms with van der Waals surface area (Å²) in [4.78, 5) is 14.0. The SMILES string of the molecule is Cc1cc(=O)oc2cc(OC/C=C3\Oc4c(Cl)cc(Cl)cc4[C@@H]3N3CCOCC3)ccc12. The van der Waals surface area contributed by atoms with E-state index in [1.807, 2.05) is 31.2 Å². The molecule has 32 heavy (non-hydrogen) atoms. The zero-order chi connectivity index (χ0) is 22.2. The number of rotatable bonds is 4. The topological polar surface area (TPSA) is 61.1 Å². The molecule has 1 atom stereocenters. The van der Waals surface area contributed by atoms with Crippen LogP contribution in [0.2, 0.25) is 10.0 Å². The zero-order valence-electron chi connectivity index (χ0n) is 17.4. The van der Waals surface area contributed by atoms with Crippen molar-refractivity contribution in [3.63, 3.8) is 0 Å². The van der Waals surface area contributed by atoms with Crippen LogP contribution in [-0.4, -0.2) is 37.8 Å². The largest absolute Gasteiger partial charge is 0.489 e. The molecule has 166 valence electrons. The Labute approximate surface area is 194 Å². The lowest BCUT2D eigenvalue weighted by molar-refractivity contribution is 0.0206. The highest BCUT2D eigenvalue weighted by atomic mass is 35.5. The summed E-state index contributed by atoms with van der Waals surface area (Å²) in [6, 6.07) is 10.4. The van der Waals surface area contributed by atoms with Gasteiger partial charge in [0.05, 0.1) is 24.3 Å².